The molecule has 0 saturated carbocycles. The number of hydrogen-bond donors (Lipinski definition) is 2. The van der Waals surface area contributed by atoms with Gasteiger partial charge in [0.1, 0.15) is 11.8 Å². The van der Waals surface area contributed by atoms with Gasteiger partial charge in [0.15, 0.2) is 5.11 Å². The van der Waals surface area contributed by atoms with Crippen molar-refractivity contribution in [1.29, 1.82) is 5.26 Å². The second kappa shape index (κ2) is 7.36. The number of hydrogen-bond acceptors (Lipinski definition) is 4. The summed E-state index contributed by atoms with van der Waals surface area (Å²) < 4.78 is 0. The molecule has 1 aliphatic heterocycles. The molecule has 0 unspecified atom stereocenters. The Kier molecular flexibility index (Phi) is 5.50. The maximum atomic E-state index is 9.24. The molecular formula is C14H13Cl2N5S. The molecule has 0 fully saturated rings. The molecule has 0 radical (unpaired) electrons. The fourth-order valence-corrected chi connectivity index (χ4v) is 2.65. The third-order valence-corrected chi connectivity index (χ3v) is 3.42. The lowest BCUT2D eigenvalue weighted by atomic mass is 10.1. The maximum absolute atomic E-state index is 9.24. The number of nitrogens with two attached hydrogens (primary N) is 1. The SMILES string of the molecule is N#CC1=CN(NC(N)=S)C=CN1CCc1cc(Cl)cc(Cl)c1. The highest BCUT2D eigenvalue weighted by molar-refractivity contribution is 7.80. The van der Waals surface area contributed by atoms with Crippen molar-refractivity contribution in [3.63, 3.8) is 0 Å². The molecule has 1 aromatic rings. The van der Waals surface area contributed by atoms with Crippen LogP contribution in [0, 0.1) is 11.3 Å². The number of allylic oxidation sites excluding steroid dienone is 1. The van der Waals surface area contributed by atoms with Gasteiger partial charge in [0, 0.05) is 29.0 Å². The topological polar surface area (TPSA) is 68.3 Å². The molecule has 8 heteroatoms. The van der Waals surface area contributed by atoms with E-state index in [1.54, 1.807) is 24.7 Å². The van der Waals surface area contributed by atoms with E-state index in [0.29, 0.717) is 28.7 Å². The van der Waals surface area contributed by atoms with Gasteiger partial charge in [0.25, 0.3) is 0 Å². The number of halogens is 2. The van der Waals surface area contributed by atoms with Gasteiger partial charge >= 0.3 is 0 Å². The van der Waals surface area contributed by atoms with Crippen molar-refractivity contribution in [3.05, 3.63) is 58.1 Å². The zero-order valence-electron chi connectivity index (χ0n) is 11.5. The fraction of sp³-hybridized carbons (Fsp3) is 0.143. The average Bonchev–Trinajstić information content (AvgIpc) is 2.44. The van der Waals surface area contributed by atoms with Crippen LogP contribution in [0.25, 0.3) is 0 Å². The average molecular weight is 354 g/mol. The van der Waals surface area contributed by atoms with Crippen molar-refractivity contribution in [2.45, 2.75) is 6.42 Å². The maximum Gasteiger partial charge on any atom is 0.183 e. The van der Waals surface area contributed by atoms with Gasteiger partial charge in [0.2, 0.25) is 0 Å². The molecular weight excluding hydrogens is 341 g/mol. The minimum atomic E-state index is 0.125. The predicted octanol–water partition coefficient (Wildman–Crippen LogP) is 2.74. The molecule has 1 aromatic carbocycles. The molecule has 0 bridgehead atoms. The molecule has 1 aliphatic rings. The molecule has 3 N–H and O–H groups in total. The monoisotopic (exact) mass is 353 g/mol. The first kappa shape index (κ1) is 16.4. The van der Waals surface area contributed by atoms with E-state index in [0.717, 1.165) is 5.56 Å². The van der Waals surface area contributed by atoms with Crippen LogP contribution < -0.4 is 11.2 Å². The Hall–Kier alpha value is -1.94. The van der Waals surface area contributed by atoms with E-state index in [-0.39, 0.29) is 5.11 Å². The number of nitrogens with one attached hydrogen (secondary N) is 1. The van der Waals surface area contributed by atoms with Crippen LogP contribution in [-0.4, -0.2) is 21.6 Å². The summed E-state index contributed by atoms with van der Waals surface area (Å²) >= 11 is 16.7. The summed E-state index contributed by atoms with van der Waals surface area (Å²) in [6.45, 7) is 0.619. The van der Waals surface area contributed by atoms with Gasteiger partial charge in [-0.3, -0.25) is 10.4 Å². The fourth-order valence-electron chi connectivity index (χ4n) is 1.97. The van der Waals surface area contributed by atoms with Gasteiger partial charge in [-0.05, 0) is 42.4 Å². The van der Waals surface area contributed by atoms with Gasteiger partial charge < -0.3 is 10.6 Å². The van der Waals surface area contributed by atoms with E-state index < -0.39 is 0 Å². The Labute approximate surface area is 144 Å². The Morgan fingerprint density at radius 2 is 1.95 bits per heavy atom. The molecule has 0 aliphatic carbocycles. The highest BCUT2D eigenvalue weighted by Crippen LogP contribution is 2.20. The van der Waals surface area contributed by atoms with Gasteiger partial charge in [-0.15, -0.1) is 0 Å². The van der Waals surface area contributed by atoms with Crippen molar-refractivity contribution < 1.29 is 0 Å². The van der Waals surface area contributed by atoms with Gasteiger partial charge in [0.05, 0.1) is 6.20 Å². The molecule has 0 amide bonds. The second-order valence-electron chi connectivity index (χ2n) is 4.53. The summed E-state index contributed by atoms with van der Waals surface area (Å²) in [6.07, 6.45) is 5.82. The minimum absolute atomic E-state index is 0.125. The van der Waals surface area contributed by atoms with E-state index in [1.807, 2.05) is 17.0 Å². The van der Waals surface area contributed by atoms with Gasteiger partial charge in [-0.2, -0.15) is 5.26 Å². The molecule has 2 rings (SSSR count). The van der Waals surface area contributed by atoms with Crippen LogP contribution in [0.2, 0.25) is 10.0 Å². The summed E-state index contributed by atoms with van der Waals surface area (Å²) in [6, 6.07) is 7.54. The Morgan fingerprint density at radius 3 is 2.55 bits per heavy atom. The first-order valence-electron chi connectivity index (χ1n) is 6.34. The van der Waals surface area contributed by atoms with Crippen LogP contribution in [-0.2, 0) is 6.42 Å². The van der Waals surface area contributed by atoms with Crippen LogP contribution in [0.1, 0.15) is 5.56 Å². The summed E-state index contributed by atoms with van der Waals surface area (Å²) in [7, 11) is 0. The van der Waals surface area contributed by atoms with Crippen molar-refractivity contribution in [2.75, 3.05) is 6.54 Å². The predicted molar refractivity (Wildman–Crippen MR) is 91.5 cm³/mol. The van der Waals surface area contributed by atoms with Crippen LogP contribution in [0.3, 0.4) is 0 Å². The normalized spacial score (nSPS) is 13.6. The zero-order valence-corrected chi connectivity index (χ0v) is 13.8. The van der Waals surface area contributed by atoms with Crippen LogP contribution in [0.15, 0.2) is 42.5 Å². The van der Waals surface area contributed by atoms with Gasteiger partial charge in [-0.1, -0.05) is 23.2 Å². The van der Waals surface area contributed by atoms with Crippen molar-refractivity contribution >= 4 is 40.5 Å². The minimum Gasteiger partial charge on any atom is -0.375 e. The highest BCUT2D eigenvalue weighted by atomic mass is 35.5. The Balaban J connectivity index is 2.03. The third-order valence-electron chi connectivity index (χ3n) is 2.90. The second-order valence-corrected chi connectivity index (χ2v) is 5.84. The lowest BCUT2D eigenvalue weighted by Crippen LogP contribution is -2.41. The van der Waals surface area contributed by atoms with E-state index in [2.05, 4.69) is 11.5 Å². The van der Waals surface area contributed by atoms with Gasteiger partial charge in [-0.25, -0.2) is 0 Å². The lowest BCUT2D eigenvalue weighted by Gasteiger charge is -2.27. The van der Waals surface area contributed by atoms with E-state index >= 15 is 0 Å². The van der Waals surface area contributed by atoms with Crippen molar-refractivity contribution in [3.8, 4) is 6.07 Å². The summed E-state index contributed by atoms with van der Waals surface area (Å²) in [5.41, 5.74) is 9.60. The van der Waals surface area contributed by atoms with Crippen molar-refractivity contribution in [2.24, 2.45) is 5.73 Å². The number of thiocarbonyl (C=S) groups is 1. The van der Waals surface area contributed by atoms with E-state index in [1.165, 1.54) is 5.01 Å². The Morgan fingerprint density at radius 1 is 1.27 bits per heavy atom. The Bertz CT molecular complexity index is 660. The molecule has 22 heavy (non-hydrogen) atoms. The largest absolute Gasteiger partial charge is 0.375 e. The number of nitriles is 1. The summed E-state index contributed by atoms with van der Waals surface area (Å²) in [4.78, 5) is 1.83. The standard InChI is InChI=1S/C14H13Cl2N5S/c15-11-5-10(6-12(16)7-11)1-2-20-3-4-21(19-14(18)22)9-13(20)8-17/h3-7,9H,1-2H2,(H3,18,19,22). The third kappa shape index (κ3) is 4.53. The molecule has 0 spiro atoms. The number of benzene rings is 1. The molecule has 114 valence electrons. The number of hydrazine groups is 1. The zero-order chi connectivity index (χ0) is 16.1. The number of rotatable bonds is 4. The molecule has 1 heterocycles. The molecule has 0 aromatic heterocycles. The smallest absolute Gasteiger partial charge is 0.183 e. The van der Waals surface area contributed by atoms with Crippen LogP contribution in [0.4, 0.5) is 0 Å². The van der Waals surface area contributed by atoms with Crippen LogP contribution in [0.5, 0.6) is 0 Å². The summed E-state index contributed by atoms with van der Waals surface area (Å²) in [5, 5.41) is 12.1. The molecule has 0 saturated heterocycles. The van der Waals surface area contributed by atoms with Crippen LogP contribution >= 0.6 is 35.4 Å². The quantitative estimate of drug-likeness (QED) is 0.811. The molecule has 5 nitrogen and oxygen atoms in total. The first-order chi connectivity index (χ1) is 10.5. The molecule has 0 atom stereocenters. The van der Waals surface area contributed by atoms with Crippen molar-refractivity contribution in [1.82, 2.24) is 15.3 Å². The lowest BCUT2D eigenvalue weighted by molar-refractivity contribution is 0.382. The van der Waals surface area contributed by atoms with E-state index in [4.69, 9.17) is 41.2 Å². The number of nitrogens with zero attached hydrogens (tertiary/aromatic N) is 3. The first-order valence-corrected chi connectivity index (χ1v) is 7.50. The highest BCUT2D eigenvalue weighted by Gasteiger charge is 2.13. The van der Waals surface area contributed by atoms with E-state index in [9.17, 15) is 5.26 Å². The summed E-state index contributed by atoms with van der Waals surface area (Å²) in [5.74, 6) is 0.